The molecule has 0 unspecified atom stereocenters. The van der Waals surface area contributed by atoms with Crippen molar-refractivity contribution in [3.63, 3.8) is 0 Å². The number of rotatable bonds is 6. The van der Waals surface area contributed by atoms with E-state index in [1.54, 1.807) is 0 Å². The Morgan fingerprint density at radius 1 is 0.306 bits per heavy atom. The van der Waals surface area contributed by atoms with Crippen LogP contribution in [0.25, 0.3) is 0 Å². The summed E-state index contributed by atoms with van der Waals surface area (Å²) in [6.45, 7) is 17.4. The minimum atomic E-state index is -2.43. The van der Waals surface area contributed by atoms with Crippen molar-refractivity contribution in [3.8, 4) is 0 Å². The van der Waals surface area contributed by atoms with Gasteiger partial charge in [-0.2, -0.15) is 13.5 Å². The van der Waals surface area contributed by atoms with Gasteiger partial charge in [-0.1, -0.05) is 0 Å². The molecule has 16 heteroatoms. The fourth-order valence-corrected chi connectivity index (χ4v) is 21.5. The lowest BCUT2D eigenvalue weighted by atomic mass is 10.5. The van der Waals surface area contributed by atoms with Gasteiger partial charge in [-0.25, -0.2) is 28.0 Å². The second-order valence-corrected chi connectivity index (χ2v) is 18.8. The molecule has 0 radical (unpaired) electrons. The third kappa shape index (κ3) is 4.46. The van der Waals surface area contributed by atoms with E-state index in [0.29, 0.717) is 0 Å². The van der Waals surface area contributed by atoms with E-state index < -0.39 is 22.5 Å². The molecule has 0 saturated carbocycles. The summed E-state index contributed by atoms with van der Waals surface area (Å²) in [6.07, 6.45) is 0. The van der Waals surface area contributed by atoms with E-state index in [0.717, 1.165) is 131 Å². The highest BCUT2D eigenvalue weighted by molar-refractivity contribution is 7.83. The minimum absolute atomic E-state index is 0.744. The SMILES string of the molecule is C1CN(P2(N3CCOCC3)=N[P@@](N3CCOCC3)(N3CC3)=N[P@](N3CCOCC3)(N3CC3)=N2)CCO1. The van der Waals surface area contributed by atoms with Crippen molar-refractivity contribution in [2.75, 3.05) is 131 Å². The first-order valence-corrected chi connectivity index (χ1v) is 18.3. The zero-order valence-corrected chi connectivity index (χ0v) is 23.8. The van der Waals surface area contributed by atoms with Crippen molar-refractivity contribution in [1.29, 1.82) is 0 Å². The van der Waals surface area contributed by atoms with Crippen LogP contribution in [0.2, 0.25) is 0 Å². The number of hydrogen-bond donors (Lipinski definition) is 0. The van der Waals surface area contributed by atoms with Gasteiger partial charge in [0, 0.05) is 78.5 Å². The molecule has 2 atom stereocenters. The second-order valence-electron chi connectivity index (χ2n) is 10.0. The van der Waals surface area contributed by atoms with Gasteiger partial charge >= 0.3 is 0 Å². The quantitative estimate of drug-likeness (QED) is 0.352. The van der Waals surface area contributed by atoms with Crippen molar-refractivity contribution in [1.82, 2.24) is 28.0 Å². The van der Waals surface area contributed by atoms with Crippen LogP contribution < -0.4 is 0 Å². The topological polar surface area (TPSA) is 93.0 Å². The zero-order valence-electron chi connectivity index (χ0n) is 21.1. The highest BCUT2D eigenvalue weighted by Crippen LogP contribution is 2.85. The molecular weight excluding hydrogens is 523 g/mol. The van der Waals surface area contributed by atoms with Gasteiger partial charge in [0.05, 0.1) is 52.9 Å². The van der Waals surface area contributed by atoms with Crippen molar-refractivity contribution >= 4 is 22.5 Å². The molecule has 13 nitrogen and oxygen atoms in total. The van der Waals surface area contributed by atoms with Crippen molar-refractivity contribution in [2.45, 2.75) is 0 Å². The Hall–Kier alpha value is 0.290. The third-order valence-electron chi connectivity index (χ3n) is 7.79. The first-order valence-electron chi connectivity index (χ1n) is 13.5. The third-order valence-corrected chi connectivity index (χ3v) is 20.5. The molecule has 7 aliphatic heterocycles. The van der Waals surface area contributed by atoms with Gasteiger partial charge in [-0.05, 0) is 0 Å². The van der Waals surface area contributed by atoms with E-state index in [1.165, 1.54) is 0 Å². The predicted octanol–water partition coefficient (Wildman–Crippen LogP) is 1.80. The van der Waals surface area contributed by atoms with Gasteiger partial charge in [0.15, 0.2) is 0 Å². The maximum absolute atomic E-state index is 6.05. The summed E-state index contributed by atoms with van der Waals surface area (Å²) in [5.41, 5.74) is 0. The van der Waals surface area contributed by atoms with Crippen LogP contribution in [-0.2, 0) is 18.9 Å². The van der Waals surface area contributed by atoms with Crippen LogP contribution >= 0.6 is 22.5 Å². The lowest BCUT2D eigenvalue weighted by Gasteiger charge is -2.51. The summed E-state index contributed by atoms with van der Waals surface area (Å²) in [6, 6.07) is 0. The average Bonchev–Trinajstić information content (AvgIpc) is 3.87. The molecule has 7 aliphatic rings. The Morgan fingerprint density at radius 2 is 0.500 bits per heavy atom. The van der Waals surface area contributed by atoms with Crippen LogP contribution in [0.4, 0.5) is 0 Å². The highest BCUT2D eigenvalue weighted by atomic mass is 31.3. The summed E-state index contributed by atoms with van der Waals surface area (Å²) in [4.78, 5) is 0. The van der Waals surface area contributed by atoms with E-state index in [4.69, 9.17) is 32.5 Å². The lowest BCUT2D eigenvalue weighted by Crippen LogP contribution is -2.44. The Labute approximate surface area is 214 Å². The molecule has 0 aromatic rings. The monoisotopic (exact) mass is 563 g/mol. The maximum atomic E-state index is 6.05. The molecule has 0 N–H and O–H groups in total. The van der Waals surface area contributed by atoms with E-state index in [-0.39, 0.29) is 0 Å². The van der Waals surface area contributed by atoms with Crippen LogP contribution in [-0.4, -0.2) is 159 Å². The first-order chi connectivity index (χ1) is 17.8. The van der Waals surface area contributed by atoms with Crippen LogP contribution in [0, 0.1) is 0 Å². The molecule has 36 heavy (non-hydrogen) atoms. The minimum Gasteiger partial charge on any atom is -0.379 e. The summed E-state index contributed by atoms with van der Waals surface area (Å²) < 4.78 is 57.1. The number of nitrogens with zero attached hydrogens (tertiary/aromatic N) is 9. The van der Waals surface area contributed by atoms with Gasteiger partial charge in [0.25, 0.3) is 0 Å². The van der Waals surface area contributed by atoms with Gasteiger partial charge < -0.3 is 18.9 Å². The normalized spacial score (nSPS) is 39.7. The van der Waals surface area contributed by atoms with Crippen LogP contribution in [0.1, 0.15) is 0 Å². The molecule has 0 aromatic carbocycles. The first kappa shape index (κ1) is 25.3. The fourth-order valence-electron chi connectivity index (χ4n) is 5.67. The second kappa shape index (κ2) is 10.4. The Kier molecular flexibility index (Phi) is 7.27. The van der Waals surface area contributed by atoms with Crippen molar-refractivity contribution in [2.24, 2.45) is 13.5 Å². The molecule has 204 valence electrons. The molecule has 0 bridgehead atoms. The van der Waals surface area contributed by atoms with Crippen LogP contribution in [0.15, 0.2) is 13.5 Å². The molecule has 6 fully saturated rings. The molecule has 0 aromatic heterocycles. The summed E-state index contributed by atoms with van der Waals surface area (Å²) >= 11 is 0. The molecule has 6 saturated heterocycles. The molecular formula is C20H40N9O4P3. The standard InChI is InChI=1S/C20H40N9O4P3/c1-2-24(1)34(26-5-13-30-14-6-26)21-35(25-3-4-25,27-7-15-31-16-8-27)23-36(22-34,28-9-17-32-18-10-28)29-11-19-33-20-12-29/h1-20H2/t34-,35-/m1/s1. The largest absolute Gasteiger partial charge is 0.379 e. The van der Waals surface area contributed by atoms with Gasteiger partial charge in [-0.3, -0.25) is 0 Å². The fraction of sp³-hybridized carbons (Fsp3) is 1.00. The van der Waals surface area contributed by atoms with E-state index >= 15 is 0 Å². The lowest BCUT2D eigenvalue weighted by molar-refractivity contribution is 0.0565. The van der Waals surface area contributed by atoms with Crippen molar-refractivity contribution < 1.29 is 18.9 Å². The number of ether oxygens (including phenoxy) is 4. The molecule has 7 rings (SSSR count). The maximum Gasteiger partial charge on any atom is 0.221 e. The highest BCUT2D eigenvalue weighted by Gasteiger charge is 2.55. The smallest absolute Gasteiger partial charge is 0.221 e. The molecule has 0 spiro atoms. The predicted molar refractivity (Wildman–Crippen MR) is 141 cm³/mol. The van der Waals surface area contributed by atoms with E-state index in [1.807, 2.05) is 0 Å². The molecule has 0 aliphatic carbocycles. The summed E-state index contributed by atoms with van der Waals surface area (Å²) in [7, 11) is -7.09. The Bertz CT molecular complexity index is 927. The molecule has 7 heterocycles. The summed E-state index contributed by atoms with van der Waals surface area (Å²) in [5.74, 6) is 0. The van der Waals surface area contributed by atoms with Crippen molar-refractivity contribution in [3.05, 3.63) is 0 Å². The molecule has 0 amide bonds. The number of hydrogen-bond acceptors (Lipinski definition) is 13. The average molecular weight is 564 g/mol. The Balaban J connectivity index is 1.49. The zero-order chi connectivity index (χ0) is 24.1. The van der Waals surface area contributed by atoms with Gasteiger partial charge in [0.1, 0.15) is 0 Å². The van der Waals surface area contributed by atoms with Gasteiger partial charge in [-0.15, -0.1) is 0 Å². The number of morpholine rings is 4. The van der Waals surface area contributed by atoms with E-state index in [2.05, 4.69) is 28.0 Å². The summed E-state index contributed by atoms with van der Waals surface area (Å²) in [5, 5.41) is 0. The van der Waals surface area contributed by atoms with Crippen LogP contribution in [0.3, 0.4) is 0 Å². The van der Waals surface area contributed by atoms with E-state index in [9.17, 15) is 0 Å². The van der Waals surface area contributed by atoms with Gasteiger partial charge in [0.2, 0.25) is 22.5 Å². The Morgan fingerprint density at radius 3 is 0.694 bits per heavy atom. The van der Waals surface area contributed by atoms with Crippen LogP contribution in [0.5, 0.6) is 0 Å².